The molecule has 3 N–H and O–H groups in total. The highest BCUT2D eigenvalue weighted by Crippen LogP contribution is 2.30. The van der Waals surface area contributed by atoms with Crippen molar-refractivity contribution >= 4 is 17.5 Å². The maximum atomic E-state index is 11.4. The minimum atomic E-state index is -1.26. The molecular weight excluding hydrogens is 270 g/mol. The molecule has 0 unspecified atom stereocenters. The van der Waals surface area contributed by atoms with Gasteiger partial charge in [0, 0.05) is 18.9 Å². The molecule has 0 aromatic carbocycles. The zero-order valence-corrected chi connectivity index (χ0v) is 11.1. The standard InChI is InChI=1S/C12H15NO5S/c1-6(14)9-8(3-2-4-13-9)18-12-11(17)10(16)7(15)5-19-12/h2-4,7,10-12,15-17H,5H2,1H3/t7-,10+,11-,12+/m1/s1. The zero-order chi connectivity index (χ0) is 14.0. The van der Waals surface area contributed by atoms with Crippen LogP contribution in [0, 0.1) is 0 Å². The number of nitrogens with zero attached hydrogens (tertiary/aromatic N) is 1. The maximum absolute atomic E-state index is 11.4. The summed E-state index contributed by atoms with van der Waals surface area (Å²) in [5.41, 5.74) is -0.573. The fourth-order valence-corrected chi connectivity index (χ4v) is 2.87. The van der Waals surface area contributed by atoms with Crippen molar-refractivity contribution in [3.63, 3.8) is 0 Å². The van der Waals surface area contributed by atoms with Crippen LogP contribution >= 0.6 is 11.8 Å². The van der Waals surface area contributed by atoms with Crippen LogP contribution in [0.1, 0.15) is 17.4 Å². The normalized spacial score (nSPS) is 30.9. The van der Waals surface area contributed by atoms with Gasteiger partial charge in [0.1, 0.15) is 23.7 Å². The first-order valence-corrected chi connectivity index (χ1v) is 6.84. The topological polar surface area (TPSA) is 99.9 Å². The summed E-state index contributed by atoms with van der Waals surface area (Å²) in [4.78, 5) is 15.3. The Labute approximate surface area is 114 Å². The molecule has 0 spiro atoms. The van der Waals surface area contributed by atoms with Crippen LogP contribution in [0.4, 0.5) is 0 Å². The lowest BCUT2D eigenvalue weighted by molar-refractivity contribution is -0.0787. The van der Waals surface area contributed by atoms with E-state index in [4.69, 9.17) is 4.74 Å². The van der Waals surface area contributed by atoms with Crippen LogP contribution in [-0.2, 0) is 0 Å². The molecular formula is C12H15NO5S. The molecule has 1 aliphatic rings. The Morgan fingerprint density at radius 2 is 2.16 bits per heavy atom. The summed E-state index contributed by atoms with van der Waals surface area (Å²) in [5, 5.41) is 28.9. The smallest absolute Gasteiger partial charge is 0.181 e. The van der Waals surface area contributed by atoms with Crippen molar-refractivity contribution in [1.29, 1.82) is 0 Å². The maximum Gasteiger partial charge on any atom is 0.181 e. The molecule has 0 radical (unpaired) electrons. The van der Waals surface area contributed by atoms with Crippen LogP contribution in [0.2, 0.25) is 0 Å². The van der Waals surface area contributed by atoms with E-state index in [-0.39, 0.29) is 23.0 Å². The van der Waals surface area contributed by atoms with Gasteiger partial charge in [-0.25, -0.2) is 4.98 Å². The van der Waals surface area contributed by atoms with Crippen molar-refractivity contribution < 1.29 is 24.9 Å². The number of Topliss-reactive ketones (excluding diaryl/α,β-unsaturated/α-hetero) is 1. The lowest BCUT2D eigenvalue weighted by Crippen LogP contribution is -2.50. The van der Waals surface area contributed by atoms with Gasteiger partial charge in [-0.1, -0.05) is 0 Å². The molecule has 7 heteroatoms. The van der Waals surface area contributed by atoms with Crippen molar-refractivity contribution in [2.24, 2.45) is 0 Å². The molecule has 1 aromatic heterocycles. The molecule has 6 nitrogen and oxygen atoms in total. The van der Waals surface area contributed by atoms with Gasteiger partial charge in [0.15, 0.2) is 11.2 Å². The summed E-state index contributed by atoms with van der Waals surface area (Å²) in [6.45, 7) is 1.37. The number of carbonyl (C=O) groups excluding carboxylic acids is 1. The monoisotopic (exact) mass is 285 g/mol. The second-order valence-corrected chi connectivity index (χ2v) is 5.41. The SMILES string of the molecule is CC(=O)c1ncccc1O[C@H]1SC[C@@H](O)[C@H](O)[C@H]1O. The summed E-state index contributed by atoms with van der Waals surface area (Å²) in [5.74, 6) is 0.264. The van der Waals surface area contributed by atoms with Gasteiger partial charge in [-0.15, -0.1) is 11.8 Å². The van der Waals surface area contributed by atoms with Crippen LogP contribution < -0.4 is 4.74 Å². The van der Waals surface area contributed by atoms with Gasteiger partial charge < -0.3 is 20.1 Å². The van der Waals surface area contributed by atoms with Gasteiger partial charge >= 0.3 is 0 Å². The molecule has 1 fully saturated rings. The van der Waals surface area contributed by atoms with Crippen LogP contribution in [0.5, 0.6) is 5.75 Å². The van der Waals surface area contributed by atoms with Gasteiger partial charge in [0.2, 0.25) is 0 Å². The molecule has 1 aromatic rings. The number of pyridine rings is 1. The second-order valence-electron chi connectivity index (χ2n) is 4.27. The molecule has 0 bridgehead atoms. The second kappa shape index (κ2) is 5.87. The Morgan fingerprint density at radius 3 is 2.84 bits per heavy atom. The van der Waals surface area contributed by atoms with Crippen molar-refractivity contribution in [2.75, 3.05) is 5.75 Å². The number of hydrogen-bond donors (Lipinski definition) is 3. The molecule has 2 rings (SSSR count). The number of ketones is 1. The Bertz CT molecular complexity index is 469. The van der Waals surface area contributed by atoms with Crippen LogP contribution in [0.15, 0.2) is 18.3 Å². The Morgan fingerprint density at radius 1 is 1.42 bits per heavy atom. The largest absolute Gasteiger partial charge is 0.475 e. The zero-order valence-electron chi connectivity index (χ0n) is 10.3. The van der Waals surface area contributed by atoms with Crippen molar-refractivity contribution in [3.8, 4) is 5.75 Å². The van der Waals surface area contributed by atoms with E-state index in [2.05, 4.69) is 4.98 Å². The molecule has 0 aliphatic carbocycles. The van der Waals surface area contributed by atoms with E-state index >= 15 is 0 Å². The first kappa shape index (κ1) is 14.3. The fraction of sp³-hybridized carbons (Fsp3) is 0.500. The minimum Gasteiger partial charge on any atom is -0.475 e. The van der Waals surface area contributed by atoms with E-state index < -0.39 is 23.7 Å². The Hall–Kier alpha value is -1.15. The predicted octanol–water partition coefficient (Wildman–Crippen LogP) is -0.181. The number of aromatic nitrogens is 1. The lowest BCUT2D eigenvalue weighted by atomic mass is 10.1. The summed E-state index contributed by atoms with van der Waals surface area (Å²) in [7, 11) is 0. The molecule has 19 heavy (non-hydrogen) atoms. The van der Waals surface area contributed by atoms with Gasteiger partial charge in [-0.2, -0.15) is 0 Å². The van der Waals surface area contributed by atoms with E-state index in [1.807, 2.05) is 0 Å². The number of ether oxygens (including phenoxy) is 1. The van der Waals surface area contributed by atoms with E-state index in [0.29, 0.717) is 0 Å². The highest BCUT2D eigenvalue weighted by Gasteiger charge is 2.38. The summed E-state index contributed by atoms with van der Waals surface area (Å²) < 4.78 is 5.54. The van der Waals surface area contributed by atoms with Crippen LogP contribution in [-0.4, -0.2) is 55.6 Å². The molecule has 1 aliphatic heterocycles. The third-order valence-electron chi connectivity index (χ3n) is 2.80. The predicted molar refractivity (Wildman–Crippen MR) is 69.1 cm³/mol. The quantitative estimate of drug-likeness (QED) is 0.662. The number of thioether (sulfide) groups is 1. The molecule has 4 atom stereocenters. The first-order valence-electron chi connectivity index (χ1n) is 5.79. The first-order chi connectivity index (χ1) is 9.00. The summed E-state index contributed by atoms with van der Waals surface area (Å²) in [6, 6.07) is 3.20. The molecule has 0 saturated carbocycles. The lowest BCUT2D eigenvalue weighted by Gasteiger charge is -2.34. The third-order valence-corrected chi connectivity index (χ3v) is 4.04. The van der Waals surface area contributed by atoms with E-state index in [0.717, 1.165) is 0 Å². The molecule has 104 valence electrons. The van der Waals surface area contributed by atoms with Crippen LogP contribution in [0.3, 0.4) is 0 Å². The highest BCUT2D eigenvalue weighted by atomic mass is 32.2. The number of rotatable bonds is 3. The number of aliphatic hydroxyl groups is 3. The Kier molecular flexibility index (Phi) is 4.41. The van der Waals surface area contributed by atoms with Gasteiger partial charge in [-0.05, 0) is 12.1 Å². The van der Waals surface area contributed by atoms with Gasteiger partial charge in [0.05, 0.1) is 6.10 Å². The number of carbonyl (C=O) groups is 1. The van der Waals surface area contributed by atoms with Crippen LogP contribution in [0.25, 0.3) is 0 Å². The average molecular weight is 285 g/mol. The number of hydrogen-bond acceptors (Lipinski definition) is 7. The minimum absolute atomic E-state index is 0.177. The number of aliphatic hydroxyl groups excluding tert-OH is 3. The third kappa shape index (κ3) is 3.06. The fourth-order valence-electron chi connectivity index (χ4n) is 1.76. The molecule has 2 heterocycles. The van der Waals surface area contributed by atoms with Crippen molar-refractivity contribution in [2.45, 2.75) is 30.7 Å². The molecule has 1 saturated heterocycles. The van der Waals surface area contributed by atoms with Crippen molar-refractivity contribution in [1.82, 2.24) is 4.98 Å². The molecule has 0 amide bonds. The average Bonchev–Trinajstić information content (AvgIpc) is 2.40. The van der Waals surface area contributed by atoms with E-state index in [1.54, 1.807) is 12.1 Å². The van der Waals surface area contributed by atoms with Crippen molar-refractivity contribution in [3.05, 3.63) is 24.0 Å². The highest BCUT2D eigenvalue weighted by molar-refractivity contribution is 7.99. The van der Waals surface area contributed by atoms with E-state index in [1.165, 1.54) is 24.9 Å². The van der Waals surface area contributed by atoms with E-state index in [9.17, 15) is 20.1 Å². The van der Waals surface area contributed by atoms with Gasteiger partial charge in [-0.3, -0.25) is 4.79 Å². The summed E-state index contributed by atoms with van der Waals surface area (Å²) >= 11 is 1.18. The van der Waals surface area contributed by atoms with Gasteiger partial charge in [0.25, 0.3) is 0 Å². The summed E-state index contributed by atoms with van der Waals surface area (Å²) in [6.07, 6.45) is -1.99. The Balaban J connectivity index is 2.15.